The van der Waals surface area contributed by atoms with Crippen LogP contribution in [0.15, 0.2) is 42.5 Å². The Bertz CT molecular complexity index is 1010. The minimum atomic E-state index is -1.18. The molecule has 1 saturated heterocycles. The predicted octanol–water partition coefficient (Wildman–Crippen LogP) is 3.85. The maximum absolute atomic E-state index is 13.1. The summed E-state index contributed by atoms with van der Waals surface area (Å²) in [6, 6.07) is 13.2. The van der Waals surface area contributed by atoms with Gasteiger partial charge in [-0.15, -0.1) is 0 Å². The summed E-state index contributed by atoms with van der Waals surface area (Å²) in [5, 5.41) is 2.77. The van der Waals surface area contributed by atoms with Crippen LogP contribution in [0.1, 0.15) is 54.5 Å². The van der Waals surface area contributed by atoms with Gasteiger partial charge in [-0.25, -0.2) is 4.79 Å². The third-order valence-electron chi connectivity index (χ3n) is 6.05. The number of aryl methyl sites for hydroxylation is 2. The Labute approximate surface area is 184 Å². The molecule has 0 aliphatic carbocycles. The van der Waals surface area contributed by atoms with Gasteiger partial charge in [-0.05, 0) is 48.9 Å². The van der Waals surface area contributed by atoms with Gasteiger partial charge in [-0.2, -0.15) is 0 Å². The number of amides is 4. The number of carbonyl (C=O) groups is 3. The number of urea groups is 1. The molecule has 31 heavy (non-hydrogen) atoms. The Kier molecular flexibility index (Phi) is 6.20. The highest BCUT2D eigenvalue weighted by Gasteiger charge is 2.49. The molecule has 1 unspecified atom stereocenters. The summed E-state index contributed by atoms with van der Waals surface area (Å²) in [5.74, 6) is -0.330. The molecule has 0 aromatic heterocycles. The summed E-state index contributed by atoms with van der Waals surface area (Å²) < 4.78 is 0. The smallest absolute Gasteiger partial charge is 0.325 e. The van der Waals surface area contributed by atoms with Crippen LogP contribution in [0.2, 0.25) is 0 Å². The first kappa shape index (κ1) is 22.5. The van der Waals surface area contributed by atoms with Crippen molar-refractivity contribution in [3.63, 3.8) is 0 Å². The summed E-state index contributed by atoms with van der Waals surface area (Å²) in [6.07, 6.45) is 0. The average Bonchev–Trinajstić information content (AvgIpc) is 2.94. The molecule has 1 atom stereocenters. The number of nitrogens with zero attached hydrogens (tertiary/aromatic N) is 2. The maximum atomic E-state index is 13.1. The van der Waals surface area contributed by atoms with Gasteiger partial charge < -0.3 is 10.2 Å². The van der Waals surface area contributed by atoms with Crippen LogP contribution >= 0.6 is 0 Å². The molecule has 0 bridgehead atoms. The quantitative estimate of drug-likeness (QED) is 0.720. The Balaban J connectivity index is 1.72. The van der Waals surface area contributed by atoms with Crippen LogP contribution in [0, 0.1) is 13.8 Å². The van der Waals surface area contributed by atoms with E-state index in [1.54, 1.807) is 18.9 Å². The van der Waals surface area contributed by atoms with Crippen LogP contribution in [0.4, 0.5) is 4.79 Å². The van der Waals surface area contributed by atoms with Crippen molar-refractivity contribution in [2.45, 2.75) is 52.6 Å². The second-order valence-electron chi connectivity index (χ2n) is 8.90. The molecule has 0 saturated carbocycles. The van der Waals surface area contributed by atoms with E-state index in [1.165, 1.54) is 0 Å². The van der Waals surface area contributed by atoms with Crippen molar-refractivity contribution in [2.24, 2.45) is 0 Å². The second-order valence-corrected chi connectivity index (χ2v) is 8.90. The largest absolute Gasteiger partial charge is 0.340 e. The lowest BCUT2D eigenvalue weighted by Crippen LogP contribution is -2.43. The predicted molar refractivity (Wildman–Crippen MR) is 121 cm³/mol. The molecule has 0 spiro atoms. The van der Waals surface area contributed by atoms with Gasteiger partial charge in [0.05, 0.1) is 0 Å². The highest BCUT2D eigenvalue weighted by atomic mass is 16.2. The van der Waals surface area contributed by atoms with Crippen molar-refractivity contribution >= 4 is 17.8 Å². The number of rotatable bonds is 6. The monoisotopic (exact) mass is 421 g/mol. The van der Waals surface area contributed by atoms with Crippen molar-refractivity contribution in [2.75, 3.05) is 13.6 Å². The van der Waals surface area contributed by atoms with Crippen molar-refractivity contribution in [1.29, 1.82) is 0 Å². The number of hydrogen-bond donors (Lipinski definition) is 1. The van der Waals surface area contributed by atoms with Gasteiger partial charge in [0.2, 0.25) is 5.91 Å². The minimum Gasteiger partial charge on any atom is -0.340 e. The molecule has 6 heteroatoms. The number of carbonyl (C=O) groups excluding carboxylic acids is 3. The third-order valence-corrected chi connectivity index (χ3v) is 6.05. The van der Waals surface area contributed by atoms with Gasteiger partial charge in [0.15, 0.2) is 0 Å². The molecule has 6 nitrogen and oxygen atoms in total. The Hall–Kier alpha value is -3.15. The van der Waals surface area contributed by atoms with Crippen LogP contribution in [0.3, 0.4) is 0 Å². The Morgan fingerprint density at radius 2 is 1.74 bits per heavy atom. The van der Waals surface area contributed by atoms with Crippen LogP contribution in [-0.4, -0.2) is 41.2 Å². The highest BCUT2D eigenvalue weighted by molar-refractivity contribution is 6.09. The van der Waals surface area contributed by atoms with E-state index in [9.17, 15) is 14.4 Å². The third kappa shape index (κ3) is 4.48. The molecule has 1 N–H and O–H groups in total. The standard InChI is InChI=1S/C25H31N3O3/c1-16(2)19-9-11-21(12-10-19)25(5)23(30)28(24(31)26-25)15-22(29)27(6)14-20-8-7-17(3)13-18(20)4/h7-13,16H,14-15H2,1-6H3,(H,26,31). The molecule has 3 rings (SSSR count). The van der Waals surface area contributed by atoms with E-state index in [-0.39, 0.29) is 12.5 Å². The van der Waals surface area contributed by atoms with Crippen LogP contribution in [0.25, 0.3) is 0 Å². The Morgan fingerprint density at radius 3 is 2.32 bits per heavy atom. The number of likely N-dealkylation sites (N-methyl/N-ethyl adjacent to an activating group) is 1. The Morgan fingerprint density at radius 1 is 1.10 bits per heavy atom. The lowest BCUT2D eigenvalue weighted by molar-refractivity contribution is -0.138. The summed E-state index contributed by atoms with van der Waals surface area (Å²) in [6.45, 7) is 10.0. The van der Waals surface area contributed by atoms with E-state index in [1.807, 2.05) is 50.2 Å². The SMILES string of the molecule is Cc1ccc(CN(C)C(=O)CN2C(=O)NC(C)(c3ccc(C(C)C)cc3)C2=O)c(C)c1. The van der Waals surface area contributed by atoms with Crippen molar-refractivity contribution in [3.05, 3.63) is 70.3 Å². The summed E-state index contributed by atoms with van der Waals surface area (Å²) in [5.41, 5.74) is 3.98. The molecular formula is C25H31N3O3. The zero-order valence-electron chi connectivity index (χ0n) is 19.2. The molecule has 1 aliphatic heterocycles. The zero-order valence-corrected chi connectivity index (χ0v) is 19.2. The molecule has 164 valence electrons. The highest BCUT2D eigenvalue weighted by Crippen LogP contribution is 2.30. The zero-order chi connectivity index (χ0) is 22.9. The van der Waals surface area contributed by atoms with Gasteiger partial charge in [0.1, 0.15) is 12.1 Å². The topological polar surface area (TPSA) is 69.7 Å². The van der Waals surface area contributed by atoms with Crippen LogP contribution in [-0.2, 0) is 21.7 Å². The van der Waals surface area contributed by atoms with E-state index in [0.29, 0.717) is 18.0 Å². The van der Waals surface area contributed by atoms with Crippen LogP contribution < -0.4 is 5.32 Å². The van der Waals surface area contributed by atoms with Crippen molar-refractivity contribution in [3.8, 4) is 0 Å². The van der Waals surface area contributed by atoms with E-state index >= 15 is 0 Å². The lowest BCUT2D eigenvalue weighted by atomic mass is 9.90. The number of imide groups is 1. The van der Waals surface area contributed by atoms with Gasteiger partial charge in [-0.1, -0.05) is 61.9 Å². The fourth-order valence-corrected chi connectivity index (χ4v) is 3.86. The number of benzene rings is 2. The maximum Gasteiger partial charge on any atom is 0.325 e. The summed E-state index contributed by atoms with van der Waals surface area (Å²) >= 11 is 0. The lowest BCUT2D eigenvalue weighted by Gasteiger charge is -2.24. The first-order valence-electron chi connectivity index (χ1n) is 10.6. The summed E-state index contributed by atoms with van der Waals surface area (Å²) in [7, 11) is 1.68. The van der Waals surface area contributed by atoms with Gasteiger partial charge in [0.25, 0.3) is 5.91 Å². The average molecular weight is 422 g/mol. The first-order valence-corrected chi connectivity index (χ1v) is 10.6. The van der Waals surface area contributed by atoms with Crippen molar-refractivity contribution < 1.29 is 14.4 Å². The minimum absolute atomic E-state index is 0.286. The molecular weight excluding hydrogens is 390 g/mol. The van der Waals surface area contributed by atoms with Gasteiger partial charge in [-0.3, -0.25) is 14.5 Å². The van der Waals surface area contributed by atoms with Gasteiger partial charge in [0, 0.05) is 13.6 Å². The van der Waals surface area contributed by atoms with E-state index in [4.69, 9.17) is 0 Å². The number of nitrogens with one attached hydrogen (secondary N) is 1. The molecule has 1 fully saturated rings. The second kappa shape index (κ2) is 8.53. The number of hydrogen-bond acceptors (Lipinski definition) is 3. The molecule has 1 aliphatic rings. The van der Waals surface area contributed by atoms with E-state index in [2.05, 4.69) is 25.2 Å². The van der Waals surface area contributed by atoms with E-state index in [0.717, 1.165) is 27.2 Å². The molecule has 1 heterocycles. The first-order chi connectivity index (χ1) is 14.5. The normalized spacial score (nSPS) is 18.5. The van der Waals surface area contributed by atoms with Gasteiger partial charge >= 0.3 is 6.03 Å². The fraction of sp³-hybridized carbons (Fsp3) is 0.400. The van der Waals surface area contributed by atoms with Crippen molar-refractivity contribution in [1.82, 2.24) is 15.1 Å². The molecule has 2 aromatic carbocycles. The fourth-order valence-electron chi connectivity index (χ4n) is 3.86. The summed E-state index contributed by atoms with van der Waals surface area (Å²) in [4.78, 5) is 41.1. The van der Waals surface area contributed by atoms with E-state index < -0.39 is 17.5 Å². The van der Waals surface area contributed by atoms with Crippen LogP contribution in [0.5, 0.6) is 0 Å². The molecule has 0 radical (unpaired) electrons. The molecule has 2 aromatic rings. The molecule has 4 amide bonds.